The number of Topliss-reactive ketones (excluding diaryl/α,β-unsaturated/α-hetero) is 1. The first kappa shape index (κ1) is 20.0. The number of pyridine rings is 1. The molecule has 1 fully saturated rings. The van der Waals surface area contributed by atoms with E-state index in [0.717, 1.165) is 53.3 Å². The maximum Gasteiger partial charge on any atom is 0.169 e. The van der Waals surface area contributed by atoms with Crippen molar-refractivity contribution in [3.05, 3.63) is 75.9 Å². The average molecular weight is 456 g/mol. The minimum Gasteiger partial charge on any atom is -0.294 e. The average Bonchev–Trinajstić information content (AvgIpc) is 3.04. The van der Waals surface area contributed by atoms with Gasteiger partial charge in [0, 0.05) is 28.0 Å². The van der Waals surface area contributed by atoms with E-state index in [1.807, 2.05) is 30.5 Å². The maximum atomic E-state index is 13.0. The Kier molecular flexibility index (Phi) is 5.30. The summed E-state index contributed by atoms with van der Waals surface area (Å²) in [5, 5.41) is 1.47. The normalized spacial score (nSPS) is 23.0. The molecule has 3 aromatic rings. The van der Waals surface area contributed by atoms with E-state index in [-0.39, 0.29) is 10.6 Å². The van der Waals surface area contributed by atoms with Gasteiger partial charge in [0.1, 0.15) is 10.2 Å². The van der Waals surface area contributed by atoms with Gasteiger partial charge in [0.05, 0.1) is 23.1 Å². The van der Waals surface area contributed by atoms with Crippen LogP contribution in [-0.4, -0.2) is 20.7 Å². The number of nitrogens with zero attached hydrogens (tertiary/aromatic N) is 3. The van der Waals surface area contributed by atoms with E-state index >= 15 is 0 Å². The fourth-order valence-corrected chi connectivity index (χ4v) is 5.87. The molecule has 2 heterocycles. The van der Waals surface area contributed by atoms with E-state index in [1.165, 1.54) is 17.3 Å². The van der Waals surface area contributed by atoms with Gasteiger partial charge in [-0.25, -0.2) is 9.97 Å². The Hall–Kier alpha value is -1.95. The first-order valence-corrected chi connectivity index (χ1v) is 11.6. The van der Waals surface area contributed by atoms with Crippen LogP contribution in [0.25, 0.3) is 0 Å². The van der Waals surface area contributed by atoms with Gasteiger partial charge in [0.25, 0.3) is 0 Å². The van der Waals surface area contributed by atoms with Crippen molar-refractivity contribution >= 4 is 40.7 Å². The van der Waals surface area contributed by atoms with Crippen molar-refractivity contribution in [3.63, 3.8) is 0 Å². The number of aromatic nitrogens is 3. The predicted octanol–water partition coefficient (Wildman–Crippen LogP) is 6.41. The topological polar surface area (TPSA) is 55.7 Å². The number of carbonyl (C=O) groups excluding carboxylic acids is 1. The van der Waals surface area contributed by atoms with Crippen molar-refractivity contribution in [1.82, 2.24) is 15.0 Å². The van der Waals surface area contributed by atoms with Crippen LogP contribution in [0.4, 0.5) is 0 Å². The number of benzene rings is 1. The number of hydrogen-bond acceptors (Lipinski definition) is 5. The molecule has 1 aromatic carbocycles. The molecule has 1 saturated carbocycles. The lowest BCUT2D eigenvalue weighted by atomic mass is 9.67. The smallest absolute Gasteiger partial charge is 0.169 e. The lowest BCUT2D eigenvalue weighted by Crippen LogP contribution is -2.32. The molecule has 0 atom stereocenters. The van der Waals surface area contributed by atoms with Crippen LogP contribution in [0.2, 0.25) is 10.2 Å². The predicted molar refractivity (Wildman–Crippen MR) is 119 cm³/mol. The Morgan fingerprint density at radius 2 is 1.80 bits per heavy atom. The summed E-state index contributed by atoms with van der Waals surface area (Å²) in [6.07, 6.45) is 9.89. The van der Waals surface area contributed by atoms with Crippen molar-refractivity contribution in [2.75, 3.05) is 0 Å². The van der Waals surface area contributed by atoms with E-state index in [2.05, 4.69) is 21.0 Å². The van der Waals surface area contributed by atoms with Gasteiger partial charge in [-0.1, -0.05) is 59.2 Å². The lowest BCUT2D eigenvalue weighted by molar-refractivity contribution is 0.0732. The highest BCUT2D eigenvalue weighted by atomic mass is 35.5. The zero-order valence-electron chi connectivity index (χ0n) is 16.1. The van der Waals surface area contributed by atoms with E-state index in [0.29, 0.717) is 16.7 Å². The molecule has 0 aliphatic heterocycles. The van der Waals surface area contributed by atoms with Crippen LogP contribution in [0.15, 0.2) is 58.8 Å². The van der Waals surface area contributed by atoms with Gasteiger partial charge in [-0.3, -0.25) is 9.78 Å². The summed E-state index contributed by atoms with van der Waals surface area (Å²) in [6, 6.07) is 9.87. The lowest BCUT2D eigenvalue weighted by Gasteiger charge is -2.35. The first-order valence-electron chi connectivity index (χ1n) is 9.98. The molecular weight excluding hydrogens is 437 g/mol. The van der Waals surface area contributed by atoms with Gasteiger partial charge in [-0.2, -0.15) is 0 Å². The third kappa shape index (κ3) is 3.53. The molecule has 2 aliphatic carbocycles. The molecule has 0 amide bonds. The summed E-state index contributed by atoms with van der Waals surface area (Å²) >= 11 is 13.6. The van der Waals surface area contributed by atoms with Gasteiger partial charge in [0.2, 0.25) is 0 Å². The van der Waals surface area contributed by atoms with Gasteiger partial charge < -0.3 is 0 Å². The second-order valence-corrected chi connectivity index (χ2v) is 9.81. The monoisotopic (exact) mass is 455 g/mol. The van der Waals surface area contributed by atoms with Gasteiger partial charge in [-0.15, -0.1) is 0 Å². The van der Waals surface area contributed by atoms with Gasteiger partial charge >= 0.3 is 0 Å². The highest BCUT2D eigenvalue weighted by Crippen LogP contribution is 2.50. The molecule has 0 radical (unpaired) electrons. The highest BCUT2D eigenvalue weighted by molar-refractivity contribution is 7.99. The summed E-state index contributed by atoms with van der Waals surface area (Å²) < 4.78 is 0. The van der Waals surface area contributed by atoms with Crippen LogP contribution in [0.5, 0.6) is 0 Å². The molecule has 2 aliphatic rings. The fraction of sp³-hybridized carbons (Fsp3) is 0.304. The van der Waals surface area contributed by atoms with Gasteiger partial charge in [0.15, 0.2) is 5.78 Å². The molecule has 1 spiro atoms. The third-order valence-corrected chi connectivity index (χ3v) is 8.17. The second kappa shape index (κ2) is 7.95. The summed E-state index contributed by atoms with van der Waals surface area (Å²) in [5.74, 6) is 0.680. The third-order valence-electron chi connectivity index (χ3n) is 6.31. The summed E-state index contributed by atoms with van der Waals surface area (Å²) in [6.45, 7) is 0. The molecule has 0 bridgehead atoms. The minimum atomic E-state index is -0.208. The van der Waals surface area contributed by atoms with Crippen LogP contribution < -0.4 is 0 Å². The molecule has 7 heteroatoms. The molecule has 5 rings (SSSR count). The minimum absolute atomic E-state index is 0.208. The zero-order chi connectivity index (χ0) is 20.7. The fourth-order valence-electron chi connectivity index (χ4n) is 4.68. The van der Waals surface area contributed by atoms with Crippen LogP contribution in [0, 0.1) is 5.41 Å². The number of ketones is 1. The van der Waals surface area contributed by atoms with Crippen LogP contribution in [0.1, 0.15) is 53.2 Å². The molecule has 152 valence electrons. The van der Waals surface area contributed by atoms with E-state index in [9.17, 15) is 4.79 Å². The van der Waals surface area contributed by atoms with Crippen LogP contribution in [-0.2, 0) is 6.42 Å². The Balaban J connectivity index is 1.26. The van der Waals surface area contributed by atoms with E-state index < -0.39 is 0 Å². The Morgan fingerprint density at radius 3 is 2.53 bits per heavy atom. The molecule has 2 aromatic heterocycles. The summed E-state index contributed by atoms with van der Waals surface area (Å²) in [5.41, 5.74) is 2.92. The number of halogens is 2. The Bertz CT molecular complexity index is 1110. The first-order chi connectivity index (χ1) is 14.6. The van der Waals surface area contributed by atoms with Crippen molar-refractivity contribution in [2.24, 2.45) is 5.41 Å². The molecule has 0 saturated heterocycles. The summed E-state index contributed by atoms with van der Waals surface area (Å²) in [7, 11) is 0. The maximum absolute atomic E-state index is 13.0. The second-order valence-electron chi connectivity index (χ2n) is 8.01. The van der Waals surface area contributed by atoms with Crippen LogP contribution >= 0.6 is 35.0 Å². The van der Waals surface area contributed by atoms with Crippen molar-refractivity contribution in [1.29, 1.82) is 0 Å². The van der Waals surface area contributed by atoms with Crippen molar-refractivity contribution in [2.45, 2.75) is 47.9 Å². The highest BCUT2D eigenvalue weighted by Gasteiger charge is 2.47. The molecule has 30 heavy (non-hydrogen) atoms. The zero-order valence-corrected chi connectivity index (χ0v) is 18.5. The molecule has 0 N–H and O–H groups in total. The largest absolute Gasteiger partial charge is 0.294 e. The van der Waals surface area contributed by atoms with Crippen LogP contribution in [0.3, 0.4) is 0 Å². The van der Waals surface area contributed by atoms with Crippen molar-refractivity contribution < 1.29 is 4.79 Å². The van der Waals surface area contributed by atoms with Crippen molar-refractivity contribution in [3.8, 4) is 0 Å². The number of hydrogen-bond donors (Lipinski definition) is 0. The molecule has 0 unspecified atom stereocenters. The Morgan fingerprint density at radius 1 is 1.00 bits per heavy atom. The molecular formula is C23H19Cl2N3OS. The quantitative estimate of drug-likeness (QED) is 0.426. The van der Waals surface area contributed by atoms with E-state index in [1.54, 1.807) is 12.4 Å². The Labute approximate surface area is 189 Å². The van der Waals surface area contributed by atoms with Gasteiger partial charge in [-0.05, 0) is 43.7 Å². The van der Waals surface area contributed by atoms with E-state index in [4.69, 9.17) is 23.2 Å². The molecule has 4 nitrogen and oxygen atoms in total. The summed E-state index contributed by atoms with van der Waals surface area (Å²) in [4.78, 5) is 27.0. The number of carbonyl (C=O) groups is 1. The number of rotatable bonds is 3. The standard InChI is InChI=1S/C23H19Cl2N3OS/c24-20-18(7-10-26-22(20)25)30-19-13-27-17(12-28-19)14-5-8-23(9-6-14)11-15-3-1-2-4-16(15)21(23)29/h1-4,7,10,12-14H,5-6,8-9,11H2. The number of fused-ring (bicyclic) bond motifs is 1. The SMILES string of the molecule is O=C1c2ccccc2CC12CCC(c1cnc(Sc3ccnc(Cl)c3Cl)cn1)CC2.